The van der Waals surface area contributed by atoms with E-state index in [0.29, 0.717) is 5.92 Å². The Morgan fingerprint density at radius 3 is 2.45 bits per heavy atom. The van der Waals surface area contributed by atoms with E-state index in [1.165, 1.54) is 17.7 Å². The Hall–Kier alpha value is -1.19. The lowest BCUT2D eigenvalue weighted by atomic mass is 9.86. The van der Waals surface area contributed by atoms with E-state index < -0.39 is 0 Å². The van der Waals surface area contributed by atoms with E-state index in [0.717, 1.165) is 22.9 Å². The molecule has 0 aliphatic rings. The van der Waals surface area contributed by atoms with Crippen LogP contribution in [0, 0.1) is 5.82 Å². The van der Waals surface area contributed by atoms with Crippen LogP contribution >= 0.6 is 15.9 Å². The Balaban J connectivity index is 2.15. The van der Waals surface area contributed by atoms with E-state index in [4.69, 9.17) is 5.73 Å². The van der Waals surface area contributed by atoms with Crippen molar-refractivity contribution in [1.82, 2.24) is 0 Å². The third-order valence-corrected chi connectivity index (χ3v) is 4.39. The van der Waals surface area contributed by atoms with E-state index in [9.17, 15) is 4.39 Å². The van der Waals surface area contributed by atoms with Crippen molar-refractivity contribution >= 4 is 15.9 Å². The summed E-state index contributed by atoms with van der Waals surface area (Å²) < 4.78 is 13.9. The van der Waals surface area contributed by atoms with Gasteiger partial charge in [0, 0.05) is 10.5 Å². The first-order valence-electron chi connectivity index (χ1n) is 6.86. The summed E-state index contributed by atoms with van der Waals surface area (Å²) in [5.41, 5.74) is 8.70. The second kappa shape index (κ2) is 7.00. The van der Waals surface area contributed by atoms with Crippen molar-refractivity contribution in [3.63, 3.8) is 0 Å². The van der Waals surface area contributed by atoms with Crippen LogP contribution in [0.5, 0.6) is 0 Å². The monoisotopic (exact) mass is 335 g/mol. The number of rotatable bonds is 5. The van der Waals surface area contributed by atoms with Gasteiger partial charge in [0.05, 0.1) is 0 Å². The van der Waals surface area contributed by atoms with Gasteiger partial charge in [0.25, 0.3) is 0 Å². The minimum absolute atomic E-state index is 0.0177. The molecule has 0 saturated carbocycles. The van der Waals surface area contributed by atoms with Gasteiger partial charge in [-0.1, -0.05) is 59.3 Å². The molecule has 2 N–H and O–H groups in total. The van der Waals surface area contributed by atoms with Gasteiger partial charge in [0.15, 0.2) is 0 Å². The molecule has 0 saturated heterocycles. The fourth-order valence-electron chi connectivity index (χ4n) is 2.57. The molecule has 0 fully saturated rings. The molecule has 2 unspecified atom stereocenters. The molecule has 0 spiro atoms. The van der Waals surface area contributed by atoms with Crippen molar-refractivity contribution in [3.05, 3.63) is 69.9 Å². The van der Waals surface area contributed by atoms with Crippen LogP contribution in [0.4, 0.5) is 4.39 Å². The third-order valence-electron chi connectivity index (χ3n) is 3.66. The molecule has 0 aromatic heterocycles. The van der Waals surface area contributed by atoms with E-state index in [1.807, 2.05) is 18.2 Å². The molecule has 2 atom stereocenters. The number of benzene rings is 2. The van der Waals surface area contributed by atoms with E-state index in [2.05, 4.69) is 35.0 Å². The molecule has 20 heavy (non-hydrogen) atoms. The summed E-state index contributed by atoms with van der Waals surface area (Å²) in [5, 5.41) is 0. The Kier molecular flexibility index (Phi) is 5.32. The molecule has 0 bridgehead atoms. The lowest BCUT2D eigenvalue weighted by Crippen LogP contribution is -2.30. The van der Waals surface area contributed by atoms with E-state index in [-0.39, 0.29) is 11.9 Å². The van der Waals surface area contributed by atoms with Gasteiger partial charge >= 0.3 is 0 Å². The van der Waals surface area contributed by atoms with Gasteiger partial charge in [0.2, 0.25) is 0 Å². The number of halogens is 2. The fourth-order valence-corrected chi connectivity index (χ4v) is 3.08. The molecule has 0 heterocycles. The van der Waals surface area contributed by atoms with Gasteiger partial charge in [-0.05, 0) is 42.0 Å². The first-order valence-corrected chi connectivity index (χ1v) is 7.65. The van der Waals surface area contributed by atoms with Gasteiger partial charge < -0.3 is 5.73 Å². The SMILES string of the molecule is CCC(c1ccccc1)C(N)Cc1ccc(F)cc1Br. The maximum atomic E-state index is 13.1. The fraction of sp³-hybridized carbons (Fsp3) is 0.294. The lowest BCUT2D eigenvalue weighted by molar-refractivity contribution is 0.514. The summed E-state index contributed by atoms with van der Waals surface area (Å²) >= 11 is 3.41. The topological polar surface area (TPSA) is 26.0 Å². The number of hydrogen-bond donors (Lipinski definition) is 1. The minimum atomic E-state index is -0.232. The Labute approximate surface area is 128 Å². The molecule has 1 nitrogen and oxygen atoms in total. The highest BCUT2D eigenvalue weighted by Crippen LogP contribution is 2.27. The Morgan fingerprint density at radius 2 is 1.85 bits per heavy atom. The first-order chi connectivity index (χ1) is 9.61. The molecule has 2 aromatic rings. The second-order valence-electron chi connectivity index (χ2n) is 5.03. The quantitative estimate of drug-likeness (QED) is 0.845. The molecule has 0 aliphatic carbocycles. The van der Waals surface area contributed by atoms with Crippen LogP contribution in [-0.2, 0) is 6.42 Å². The van der Waals surface area contributed by atoms with Crippen LogP contribution in [-0.4, -0.2) is 6.04 Å². The van der Waals surface area contributed by atoms with Crippen molar-refractivity contribution in [1.29, 1.82) is 0 Å². The van der Waals surface area contributed by atoms with Crippen LogP contribution in [0.3, 0.4) is 0 Å². The zero-order valence-electron chi connectivity index (χ0n) is 11.5. The smallest absolute Gasteiger partial charge is 0.124 e. The van der Waals surface area contributed by atoms with Gasteiger partial charge in [-0.2, -0.15) is 0 Å². The van der Waals surface area contributed by atoms with Gasteiger partial charge in [-0.3, -0.25) is 0 Å². The number of nitrogens with two attached hydrogens (primary N) is 1. The maximum absolute atomic E-state index is 13.1. The molecular weight excluding hydrogens is 317 g/mol. The predicted molar refractivity (Wildman–Crippen MR) is 85.3 cm³/mol. The minimum Gasteiger partial charge on any atom is -0.327 e. The van der Waals surface area contributed by atoms with Crippen molar-refractivity contribution in [3.8, 4) is 0 Å². The zero-order chi connectivity index (χ0) is 14.5. The Morgan fingerprint density at radius 1 is 1.15 bits per heavy atom. The highest BCUT2D eigenvalue weighted by Gasteiger charge is 2.19. The third kappa shape index (κ3) is 3.68. The highest BCUT2D eigenvalue weighted by atomic mass is 79.9. The van der Waals surface area contributed by atoms with Crippen molar-refractivity contribution < 1.29 is 4.39 Å². The van der Waals surface area contributed by atoms with Crippen LogP contribution in [0.2, 0.25) is 0 Å². The highest BCUT2D eigenvalue weighted by molar-refractivity contribution is 9.10. The van der Waals surface area contributed by atoms with E-state index in [1.54, 1.807) is 6.07 Å². The summed E-state index contributed by atoms with van der Waals surface area (Å²) in [4.78, 5) is 0. The average molecular weight is 336 g/mol. The first kappa shape index (κ1) is 15.2. The van der Waals surface area contributed by atoms with Gasteiger partial charge in [-0.25, -0.2) is 4.39 Å². The summed E-state index contributed by atoms with van der Waals surface area (Å²) in [6, 6.07) is 15.1. The van der Waals surface area contributed by atoms with Crippen molar-refractivity contribution in [2.45, 2.75) is 31.7 Å². The van der Waals surface area contributed by atoms with Gasteiger partial charge in [0.1, 0.15) is 5.82 Å². The van der Waals surface area contributed by atoms with Crippen molar-refractivity contribution in [2.75, 3.05) is 0 Å². The molecule has 106 valence electrons. The zero-order valence-corrected chi connectivity index (χ0v) is 13.1. The summed E-state index contributed by atoms with van der Waals surface area (Å²) in [5.74, 6) is 0.0810. The number of hydrogen-bond acceptors (Lipinski definition) is 1. The molecule has 0 radical (unpaired) electrons. The van der Waals surface area contributed by atoms with Crippen LogP contribution in [0.25, 0.3) is 0 Å². The standard InChI is InChI=1S/C17H19BrFN/c1-2-15(12-6-4-3-5-7-12)17(20)10-13-8-9-14(19)11-16(13)18/h3-9,11,15,17H,2,10,20H2,1H3. The molecule has 0 aliphatic heterocycles. The summed E-state index contributed by atoms with van der Waals surface area (Å²) in [6.07, 6.45) is 1.72. The molecule has 2 rings (SSSR count). The molecule has 0 amide bonds. The summed E-state index contributed by atoms with van der Waals surface area (Å²) in [7, 11) is 0. The normalized spacial score (nSPS) is 14.0. The molecule has 3 heteroatoms. The summed E-state index contributed by atoms with van der Waals surface area (Å²) in [6.45, 7) is 2.15. The van der Waals surface area contributed by atoms with Crippen molar-refractivity contribution in [2.24, 2.45) is 5.73 Å². The van der Waals surface area contributed by atoms with Crippen LogP contribution < -0.4 is 5.73 Å². The largest absolute Gasteiger partial charge is 0.327 e. The molecule has 2 aromatic carbocycles. The van der Waals surface area contributed by atoms with Crippen LogP contribution in [0.1, 0.15) is 30.4 Å². The van der Waals surface area contributed by atoms with E-state index >= 15 is 0 Å². The second-order valence-corrected chi connectivity index (χ2v) is 5.88. The lowest BCUT2D eigenvalue weighted by Gasteiger charge is -2.23. The van der Waals surface area contributed by atoms with Gasteiger partial charge in [-0.15, -0.1) is 0 Å². The molecular formula is C17H19BrFN. The Bertz CT molecular complexity index is 556. The predicted octanol–water partition coefficient (Wildman–Crippen LogP) is 4.65. The van der Waals surface area contributed by atoms with Crippen LogP contribution in [0.15, 0.2) is 53.0 Å². The maximum Gasteiger partial charge on any atom is 0.124 e. The average Bonchev–Trinajstić information content (AvgIpc) is 2.44.